The quantitative estimate of drug-likeness (QED) is 0.439. The highest BCUT2D eigenvalue weighted by Gasteiger charge is 2.51. The van der Waals surface area contributed by atoms with E-state index in [4.69, 9.17) is 0 Å². The van der Waals surface area contributed by atoms with Gasteiger partial charge < -0.3 is 0 Å². The first kappa shape index (κ1) is 22.8. The lowest BCUT2D eigenvalue weighted by atomic mass is 9.73. The van der Waals surface area contributed by atoms with Crippen molar-refractivity contribution in [3.63, 3.8) is 0 Å². The molecule has 1 nitrogen and oxygen atoms in total. The Bertz CT molecular complexity index is 627. The van der Waals surface area contributed by atoms with Gasteiger partial charge in [0.2, 0.25) is 0 Å². The summed E-state index contributed by atoms with van der Waals surface area (Å²) in [6.07, 6.45) is -10.3. The van der Waals surface area contributed by atoms with Gasteiger partial charge in [0.05, 0.1) is 22.5 Å². The number of nitrogens with zero attached hydrogens (tertiary/aromatic N) is 1. The van der Waals surface area contributed by atoms with E-state index in [1.807, 2.05) is 0 Å². The van der Waals surface area contributed by atoms with Crippen LogP contribution in [0.5, 0.6) is 0 Å². The van der Waals surface area contributed by atoms with Gasteiger partial charge in [-0.25, -0.2) is 0 Å². The highest BCUT2D eigenvalue weighted by atomic mass is 19.4. The lowest BCUT2D eigenvalue weighted by Gasteiger charge is -2.36. The fourth-order valence-electron chi connectivity index (χ4n) is 2.96. The molecule has 0 aromatic carbocycles. The molecule has 0 fully saturated rings. The van der Waals surface area contributed by atoms with Crippen molar-refractivity contribution >= 4 is 0 Å². The van der Waals surface area contributed by atoms with E-state index in [1.165, 1.54) is 41.5 Å². The topological polar surface area (TPSA) is 12.9 Å². The molecule has 0 N–H and O–H groups in total. The maximum atomic E-state index is 14.0. The average molecular weight is 383 g/mol. The van der Waals surface area contributed by atoms with Crippen LogP contribution in [0.3, 0.4) is 0 Å². The lowest BCUT2D eigenvalue weighted by molar-refractivity contribution is -0.164. The van der Waals surface area contributed by atoms with E-state index in [0.29, 0.717) is 0 Å². The third kappa shape index (κ3) is 4.52. The molecule has 0 bridgehead atoms. The van der Waals surface area contributed by atoms with Crippen molar-refractivity contribution in [2.24, 2.45) is 0 Å². The van der Waals surface area contributed by atoms with Gasteiger partial charge in [-0.15, -0.1) is 0 Å². The van der Waals surface area contributed by atoms with E-state index in [0.717, 1.165) is 0 Å². The van der Waals surface area contributed by atoms with Crippen LogP contribution in [0.25, 0.3) is 0 Å². The normalized spacial score (nSPS) is 14.7. The fourth-order valence-corrected chi connectivity index (χ4v) is 2.96. The molecule has 1 rings (SSSR count). The Kier molecular flexibility index (Phi) is 5.37. The molecule has 26 heavy (non-hydrogen) atoms. The highest BCUT2D eigenvalue weighted by molar-refractivity contribution is 5.50. The van der Waals surface area contributed by atoms with E-state index in [9.17, 15) is 26.3 Å². The van der Waals surface area contributed by atoms with E-state index < -0.39 is 51.0 Å². The molecule has 0 saturated heterocycles. The second kappa shape index (κ2) is 6.13. The first-order valence-corrected chi connectivity index (χ1v) is 8.33. The van der Waals surface area contributed by atoms with Crippen LogP contribution in [0.1, 0.15) is 90.4 Å². The molecule has 1 aromatic rings. The number of halogens is 6. The number of alkyl halides is 6. The second-order valence-electron chi connectivity index (χ2n) is 9.68. The van der Waals surface area contributed by atoms with Crippen LogP contribution in [-0.2, 0) is 28.6 Å². The van der Waals surface area contributed by atoms with Crippen molar-refractivity contribution in [2.45, 2.75) is 90.9 Å². The SMILES string of the molecule is CC(C)(C)c1nc(C(C)(C)C)c(C(F)(F)F)c(C(F)(F)F)c1C(C)(C)C. The molecule has 0 aliphatic heterocycles. The van der Waals surface area contributed by atoms with Crippen LogP contribution >= 0.6 is 0 Å². The summed E-state index contributed by atoms with van der Waals surface area (Å²) in [6, 6.07) is 0. The molecule has 0 atom stereocenters. The van der Waals surface area contributed by atoms with E-state index >= 15 is 0 Å². The van der Waals surface area contributed by atoms with Crippen molar-refractivity contribution < 1.29 is 26.3 Å². The van der Waals surface area contributed by atoms with Crippen molar-refractivity contribution in [1.29, 1.82) is 0 Å². The number of hydrogen-bond acceptors (Lipinski definition) is 1. The predicted octanol–water partition coefficient (Wildman–Crippen LogP) is 7.01. The Morgan fingerprint density at radius 1 is 0.462 bits per heavy atom. The second-order valence-corrected chi connectivity index (χ2v) is 9.68. The molecule has 0 radical (unpaired) electrons. The summed E-state index contributed by atoms with van der Waals surface area (Å²) in [7, 11) is 0. The molecule has 0 spiro atoms. The van der Waals surface area contributed by atoms with Crippen LogP contribution in [0.15, 0.2) is 0 Å². The minimum atomic E-state index is -5.17. The van der Waals surface area contributed by atoms with Crippen LogP contribution in [-0.4, -0.2) is 4.98 Å². The number of rotatable bonds is 0. The zero-order chi connectivity index (χ0) is 21.1. The zero-order valence-corrected chi connectivity index (χ0v) is 16.7. The van der Waals surface area contributed by atoms with Crippen molar-refractivity contribution in [3.8, 4) is 0 Å². The minimum Gasteiger partial charge on any atom is -0.256 e. The molecule has 0 aliphatic rings. The largest absolute Gasteiger partial charge is 0.418 e. The van der Waals surface area contributed by atoms with Gasteiger partial charge in [-0.2, -0.15) is 26.3 Å². The molecule has 0 saturated carbocycles. The highest BCUT2D eigenvalue weighted by Crippen LogP contribution is 2.50. The van der Waals surface area contributed by atoms with Crippen LogP contribution in [0, 0.1) is 0 Å². The van der Waals surface area contributed by atoms with Gasteiger partial charge in [-0.3, -0.25) is 4.98 Å². The Labute approximate surface area is 151 Å². The Balaban J connectivity index is 4.41. The zero-order valence-electron chi connectivity index (χ0n) is 16.7. The standard InChI is InChI=1S/C19H27F6N/c1-15(2,3)11-10(18(20,21)22)12(19(23,24)25)14(17(7,8)9)26-13(11)16(4,5)6/h1-9H3. The molecule has 1 heterocycles. The van der Waals surface area contributed by atoms with Gasteiger partial charge in [0.15, 0.2) is 0 Å². The smallest absolute Gasteiger partial charge is 0.256 e. The van der Waals surface area contributed by atoms with Gasteiger partial charge in [0.1, 0.15) is 0 Å². The maximum absolute atomic E-state index is 14.0. The first-order valence-electron chi connectivity index (χ1n) is 8.33. The van der Waals surface area contributed by atoms with E-state index in [2.05, 4.69) is 4.98 Å². The average Bonchev–Trinajstić information content (AvgIpc) is 2.30. The summed E-state index contributed by atoms with van der Waals surface area (Å²) in [5.74, 6) is 0. The number of pyridine rings is 1. The minimum absolute atomic E-state index is 0.0512. The summed E-state index contributed by atoms with van der Waals surface area (Å²) in [4.78, 5) is 4.20. The monoisotopic (exact) mass is 383 g/mol. The molecule has 7 heteroatoms. The third-order valence-corrected chi connectivity index (χ3v) is 3.93. The van der Waals surface area contributed by atoms with Crippen molar-refractivity contribution in [3.05, 3.63) is 28.1 Å². The molecular weight excluding hydrogens is 356 g/mol. The Hall–Kier alpha value is -1.27. The number of aromatic nitrogens is 1. The Morgan fingerprint density at radius 3 is 1.00 bits per heavy atom. The van der Waals surface area contributed by atoms with Crippen LogP contribution < -0.4 is 0 Å². The van der Waals surface area contributed by atoms with Gasteiger partial charge >= 0.3 is 12.4 Å². The van der Waals surface area contributed by atoms with Crippen LogP contribution in [0.4, 0.5) is 26.3 Å². The Morgan fingerprint density at radius 2 is 0.769 bits per heavy atom. The number of hydrogen-bond donors (Lipinski definition) is 0. The van der Waals surface area contributed by atoms with Crippen LogP contribution in [0.2, 0.25) is 0 Å². The van der Waals surface area contributed by atoms with E-state index in [1.54, 1.807) is 20.8 Å². The first-order chi connectivity index (χ1) is 11.1. The summed E-state index contributed by atoms with van der Waals surface area (Å²) in [5.41, 5.74) is -7.42. The van der Waals surface area contributed by atoms with Gasteiger partial charge in [-0.05, 0) is 11.0 Å². The molecule has 0 unspecified atom stereocenters. The molecule has 0 amide bonds. The predicted molar refractivity (Wildman–Crippen MR) is 90.3 cm³/mol. The third-order valence-electron chi connectivity index (χ3n) is 3.93. The molecule has 1 aromatic heterocycles. The summed E-state index contributed by atoms with van der Waals surface area (Å²) >= 11 is 0. The fraction of sp³-hybridized carbons (Fsp3) is 0.737. The van der Waals surface area contributed by atoms with Crippen molar-refractivity contribution in [2.75, 3.05) is 0 Å². The molecule has 0 aliphatic carbocycles. The molecular formula is C19H27F6N. The van der Waals surface area contributed by atoms with E-state index in [-0.39, 0.29) is 5.69 Å². The van der Waals surface area contributed by atoms with Gasteiger partial charge in [0, 0.05) is 10.8 Å². The van der Waals surface area contributed by atoms with Crippen molar-refractivity contribution in [1.82, 2.24) is 4.98 Å². The van der Waals surface area contributed by atoms with Gasteiger partial charge in [-0.1, -0.05) is 62.3 Å². The summed E-state index contributed by atoms with van der Waals surface area (Å²) in [5, 5.41) is 0. The maximum Gasteiger partial charge on any atom is 0.418 e. The summed E-state index contributed by atoms with van der Waals surface area (Å²) < 4.78 is 83.4. The molecule has 150 valence electrons. The lowest BCUT2D eigenvalue weighted by Crippen LogP contribution is -2.35. The summed E-state index contributed by atoms with van der Waals surface area (Å²) in [6.45, 7) is 13.7. The van der Waals surface area contributed by atoms with Gasteiger partial charge in [0.25, 0.3) is 0 Å².